The largest absolute Gasteiger partial charge is 0.310 e. The maximum absolute atomic E-state index is 4.57. The van der Waals surface area contributed by atoms with E-state index in [0.29, 0.717) is 6.04 Å². The molecule has 0 aromatic carbocycles. The van der Waals surface area contributed by atoms with Gasteiger partial charge in [0.2, 0.25) is 0 Å². The van der Waals surface area contributed by atoms with Crippen LogP contribution in [0.15, 0.2) is 22.9 Å². The van der Waals surface area contributed by atoms with Crippen molar-refractivity contribution in [2.45, 2.75) is 40.3 Å². The SMILES string of the molecule is Cc1nn(-c2cnccc2CNC(C)C)c(C)c1Br. The summed E-state index contributed by atoms with van der Waals surface area (Å²) in [5.74, 6) is 0. The maximum Gasteiger partial charge on any atom is 0.0877 e. The predicted molar refractivity (Wildman–Crippen MR) is 80.5 cm³/mol. The fourth-order valence-corrected chi connectivity index (χ4v) is 2.17. The lowest BCUT2D eigenvalue weighted by atomic mass is 10.2. The normalized spacial score (nSPS) is 11.3. The molecule has 1 N–H and O–H groups in total. The van der Waals surface area contributed by atoms with Gasteiger partial charge < -0.3 is 5.32 Å². The monoisotopic (exact) mass is 322 g/mol. The molecular formula is C14H19BrN4. The first kappa shape index (κ1) is 14.2. The van der Waals surface area contributed by atoms with E-state index in [1.807, 2.05) is 30.1 Å². The van der Waals surface area contributed by atoms with Gasteiger partial charge in [-0.15, -0.1) is 0 Å². The zero-order valence-electron chi connectivity index (χ0n) is 11.7. The number of pyridine rings is 1. The van der Waals surface area contributed by atoms with Gasteiger partial charge in [-0.25, -0.2) is 4.68 Å². The van der Waals surface area contributed by atoms with Gasteiger partial charge in [0.25, 0.3) is 0 Å². The summed E-state index contributed by atoms with van der Waals surface area (Å²) in [5, 5.41) is 8.00. The van der Waals surface area contributed by atoms with Crippen LogP contribution in [0.2, 0.25) is 0 Å². The number of rotatable bonds is 4. The summed E-state index contributed by atoms with van der Waals surface area (Å²) in [4.78, 5) is 4.22. The van der Waals surface area contributed by atoms with Crippen molar-refractivity contribution in [1.29, 1.82) is 0 Å². The third-order valence-electron chi connectivity index (χ3n) is 3.02. The summed E-state index contributed by atoms with van der Waals surface area (Å²) >= 11 is 3.56. The van der Waals surface area contributed by atoms with Crippen LogP contribution in [0.25, 0.3) is 5.69 Å². The maximum atomic E-state index is 4.57. The van der Waals surface area contributed by atoms with Crippen molar-refractivity contribution in [3.8, 4) is 5.69 Å². The van der Waals surface area contributed by atoms with E-state index in [-0.39, 0.29) is 0 Å². The van der Waals surface area contributed by atoms with Crippen LogP contribution in [0.4, 0.5) is 0 Å². The van der Waals surface area contributed by atoms with Gasteiger partial charge in [0.15, 0.2) is 0 Å². The molecule has 2 rings (SSSR count). The van der Waals surface area contributed by atoms with Gasteiger partial charge >= 0.3 is 0 Å². The summed E-state index contributed by atoms with van der Waals surface area (Å²) in [6, 6.07) is 2.49. The van der Waals surface area contributed by atoms with Crippen molar-refractivity contribution in [3.63, 3.8) is 0 Å². The molecule has 0 bridgehead atoms. The molecule has 0 aliphatic rings. The molecule has 0 aliphatic carbocycles. The van der Waals surface area contributed by atoms with E-state index in [0.717, 1.165) is 28.1 Å². The number of nitrogens with one attached hydrogen (secondary N) is 1. The van der Waals surface area contributed by atoms with Crippen molar-refractivity contribution in [3.05, 3.63) is 39.9 Å². The summed E-state index contributed by atoms with van der Waals surface area (Å²) in [6.45, 7) is 9.14. The van der Waals surface area contributed by atoms with Crippen LogP contribution in [0, 0.1) is 13.8 Å². The molecule has 102 valence electrons. The Bertz CT molecular complexity index is 575. The first-order valence-corrected chi connectivity index (χ1v) is 7.18. The van der Waals surface area contributed by atoms with Crippen LogP contribution in [0.1, 0.15) is 30.8 Å². The molecule has 0 atom stereocenters. The van der Waals surface area contributed by atoms with Crippen LogP contribution < -0.4 is 5.32 Å². The Morgan fingerprint density at radius 3 is 2.68 bits per heavy atom. The number of halogens is 1. The van der Waals surface area contributed by atoms with Crippen LogP contribution in [0.3, 0.4) is 0 Å². The first-order chi connectivity index (χ1) is 9.00. The smallest absolute Gasteiger partial charge is 0.0877 e. The van der Waals surface area contributed by atoms with Gasteiger partial charge in [0.1, 0.15) is 0 Å². The number of hydrogen-bond donors (Lipinski definition) is 1. The van der Waals surface area contributed by atoms with E-state index >= 15 is 0 Å². The first-order valence-electron chi connectivity index (χ1n) is 6.39. The molecule has 0 spiro atoms. The molecule has 2 heterocycles. The Labute approximate surface area is 122 Å². The second-order valence-corrected chi connectivity index (χ2v) is 5.73. The van der Waals surface area contributed by atoms with Gasteiger partial charge in [-0.3, -0.25) is 4.98 Å². The highest BCUT2D eigenvalue weighted by molar-refractivity contribution is 9.10. The fraction of sp³-hybridized carbons (Fsp3) is 0.429. The quantitative estimate of drug-likeness (QED) is 0.940. The van der Waals surface area contributed by atoms with E-state index in [1.54, 1.807) is 0 Å². The number of nitrogens with zero attached hydrogens (tertiary/aromatic N) is 3. The van der Waals surface area contributed by atoms with E-state index in [9.17, 15) is 0 Å². The summed E-state index contributed by atoms with van der Waals surface area (Å²) < 4.78 is 3.00. The molecule has 0 saturated heterocycles. The Morgan fingerprint density at radius 1 is 1.37 bits per heavy atom. The molecule has 2 aromatic rings. The minimum atomic E-state index is 0.452. The predicted octanol–water partition coefficient (Wildman–Crippen LogP) is 3.14. The molecular weight excluding hydrogens is 304 g/mol. The number of aryl methyl sites for hydroxylation is 1. The molecule has 4 nitrogen and oxygen atoms in total. The highest BCUT2D eigenvalue weighted by Crippen LogP contribution is 2.24. The van der Waals surface area contributed by atoms with E-state index in [1.165, 1.54) is 5.56 Å². The average molecular weight is 323 g/mol. The highest BCUT2D eigenvalue weighted by Gasteiger charge is 2.13. The van der Waals surface area contributed by atoms with Crippen LogP contribution >= 0.6 is 15.9 Å². The molecule has 0 radical (unpaired) electrons. The van der Waals surface area contributed by atoms with Crippen molar-refractivity contribution < 1.29 is 0 Å². The molecule has 19 heavy (non-hydrogen) atoms. The molecule has 0 amide bonds. The van der Waals surface area contributed by atoms with Gasteiger partial charge in [0, 0.05) is 18.8 Å². The van der Waals surface area contributed by atoms with Crippen molar-refractivity contribution in [2.75, 3.05) is 0 Å². The van der Waals surface area contributed by atoms with Crippen molar-refractivity contribution in [1.82, 2.24) is 20.1 Å². The van der Waals surface area contributed by atoms with Crippen LogP contribution in [-0.4, -0.2) is 20.8 Å². The minimum Gasteiger partial charge on any atom is -0.310 e. The van der Waals surface area contributed by atoms with E-state index in [4.69, 9.17) is 0 Å². The van der Waals surface area contributed by atoms with Gasteiger partial charge in [0.05, 0.1) is 27.7 Å². The number of aromatic nitrogens is 3. The average Bonchev–Trinajstić information content (AvgIpc) is 2.64. The standard InChI is InChI=1S/C14H19BrN4/c1-9(2)17-7-12-5-6-16-8-13(12)19-11(4)14(15)10(3)18-19/h5-6,8-9,17H,7H2,1-4H3. The minimum absolute atomic E-state index is 0.452. The van der Waals surface area contributed by atoms with Crippen molar-refractivity contribution in [2.24, 2.45) is 0 Å². The summed E-state index contributed by atoms with van der Waals surface area (Å²) in [5.41, 5.74) is 4.31. The lowest BCUT2D eigenvalue weighted by molar-refractivity contribution is 0.585. The lowest BCUT2D eigenvalue weighted by Gasteiger charge is -2.13. The molecule has 5 heteroatoms. The topological polar surface area (TPSA) is 42.7 Å². The zero-order chi connectivity index (χ0) is 14.0. The van der Waals surface area contributed by atoms with Gasteiger partial charge in [-0.1, -0.05) is 13.8 Å². The second-order valence-electron chi connectivity index (χ2n) is 4.94. The molecule has 0 aliphatic heterocycles. The van der Waals surface area contributed by atoms with Crippen LogP contribution in [0.5, 0.6) is 0 Å². The van der Waals surface area contributed by atoms with E-state index in [2.05, 4.69) is 52.1 Å². The Kier molecular flexibility index (Phi) is 4.37. The fourth-order valence-electron chi connectivity index (χ4n) is 1.93. The van der Waals surface area contributed by atoms with Gasteiger partial charge in [-0.05, 0) is 41.4 Å². The lowest BCUT2D eigenvalue weighted by Crippen LogP contribution is -2.23. The molecule has 0 fully saturated rings. The Morgan fingerprint density at radius 2 is 2.11 bits per heavy atom. The van der Waals surface area contributed by atoms with E-state index < -0.39 is 0 Å². The Hall–Kier alpha value is -1.20. The highest BCUT2D eigenvalue weighted by atomic mass is 79.9. The number of hydrogen-bond acceptors (Lipinski definition) is 3. The third-order valence-corrected chi connectivity index (χ3v) is 4.17. The van der Waals surface area contributed by atoms with Gasteiger partial charge in [-0.2, -0.15) is 5.10 Å². The molecule has 0 unspecified atom stereocenters. The molecule has 2 aromatic heterocycles. The van der Waals surface area contributed by atoms with Crippen LogP contribution in [-0.2, 0) is 6.54 Å². The second kappa shape index (κ2) is 5.84. The third kappa shape index (κ3) is 3.04. The summed E-state index contributed by atoms with van der Waals surface area (Å²) in [7, 11) is 0. The Balaban J connectivity index is 2.41. The zero-order valence-corrected chi connectivity index (χ0v) is 13.3. The van der Waals surface area contributed by atoms with Crippen molar-refractivity contribution >= 4 is 15.9 Å². The summed E-state index contributed by atoms with van der Waals surface area (Å²) in [6.07, 6.45) is 3.69. The molecule has 0 saturated carbocycles.